The lowest BCUT2D eigenvalue weighted by atomic mass is 9.44. The van der Waals surface area contributed by atoms with Gasteiger partial charge in [-0.05, 0) is 97.4 Å². The zero-order chi connectivity index (χ0) is 21.7. The van der Waals surface area contributed by atoms with Crippen molar-refractivity contribution in [3.8, 4) is 0 Å². The summed E-state index contributed by atoms with van der Waals surface area (Å²) in [5.41, 5.74) is 2.36. The second-order valence-corrected chi connectivity index (χ2v) is 11.9. The second-order valence-electron chi connectivity index (χ2n) is 10.9. The molecule has 3 N–H and O–H groups in total. The average Bonchev–Trinajstić information content (AvgIpc) is 3.22. The van der Waals surface area contributed by atoms with Gasteiger partial charge in [-0.3, -0.25) is 0 Å². The maximum absolute atomic E-state index is 11.6. The Morgan fingerprint density at radius 2 is 1.63 bits per heavy atom. The fraction of sp³-hybridized carbons (Fsp3) is 0.870. The topological polar surface area (TPSA) is 104 Å². The van der Waals surface area contributed by atoms with Crippen molar-refractivity contribution in [1.29, 1.82) is 0 Å². The third-order valence-electron chi connectivity index (χ3n) is 9.72. The minimum absolute atomic E-state index is 0.106. The highest BCUT2D eigenvalue weighted by Crippen LogP contribution is 2.68. The van der Waals surface area contributed by atoms with E-state index in [4.69, 9.17) is 24.0 Å². The van der Waals surface area contributed by atoms with Crippen LogP contribution < -0.4 is 0 Å². The monoisotopic (exact) mass is 440 g/mol. The van der Waals surface area contributed by atoms with E-state index in [1.165, 1.54) is 69.8 Å². The zero-order valence-corrected chi connectivity index (χ0v) is 19.2. The molecule has 1 aliphatic heterocycles. The molecule has 4 saturated carbocycles. The van der Waals surface area contributed by atoms with E-state index in [0.717, 1.165) is 23.7 Å². The van der Waals surface area contributed by atoms with E-state index in [9.17, 15) is 4.79 Å². The molecule has 6 nitrogen and oxygen atoms in total. The van der Waals surface area contributed by atoms with Gasteiger partial charge in [0.25, 0.3) is 0 Å². The van der Waals surface area contributed by atoms with Gasteiger partial charge in [-0.1, -0.05) is 26.7 Å². The second kappa shape index (κ2) is 8.03. The van der Waals surface area contributed by atoms with Gasteiger partial charge in [0.05, 0.1) is 0 Å². The van der Waals surface area contributed by atoms with Crippen molar-refractivity contribution in [3.05, 3.63) is 11.6 Å². The van der Waals surface area contributed by atoms with Gasteiger partial charge in [0.1, 0.15) is 6.61 Å². The van der Waals surface area contributed by atoms with Crippen LogP contribution in [0.25, 0.3) is 0 Å². The van der Waals surface area contributed by atoms with Crippen molar-refractivity contribution >= 4 is 13.8 Å². The number of rotatable bonds is 1. The molecule has 0 aromatic carbocycles. The van der Waals surface area contributed by atoms with E-state index >= 15 is 0 Å². The van der Waals surface area contributed by atoms with E-state index < -0.39 is 7.82 Å². The number of phosphoric acid groups is 1. The smallest absolute Gasteiger partial charge is 0.458 e. The van der Waals surface area contributed by atoms with Crippen LogP contribution in [0.4, 0.5) is 0 Å². The summed E-state index contributed by atoms with van der Waals surface area (Å²) in [4.78, 5) is 33.2. The summed E-state index contributed by atoms with van der Waals surface area (Å²) in [5.74, 6) is 4.30. The Hall–Kier alpha value is -0.680. The van der Waals surface area contributed by atoms with Gasteiger partial charge in [0, 0.05) is 6.08 Å². The third kappa shape index (κ3) is 4.05. The molecular formula is C23H37O6P. The van der Waals surface area contributed by atoms with Crippen LogP contribution in [-0.2, 0) is 14.1 Å². The Labute approximate surface area is 179 Å². The van der Waals surface area contributed by atoms with Gasteiger partial charge in [0.2, 0.25) is 0 Å². The average molecular weight is 441 g/mol. The standard InChI is InChI=1S/C23H34O2.H3O4P/c1-22-11-4-3-5-16(22)6-7-17-19-9-8-18(15-13-21(24)25-14-15)23(19,2)12-10-20(17)22;1-5(2,3)4/h13,16-20H,3-12,14H2,1-2H3;(H3,1,2,3,4)/t16?,17-,18+,19-,20-,22-,23+;/m0./s1. The summed E-state index contributed by atoms with van der Waals surface area (Å²) in [6.07, 6.45) is 16.2. The molecular weight excluding hydrogens is 403 g/mol. The normalized spacial score (nSPS) is 45.3. The van der Waals surface area contributed by atoms with E-state index in [0.29, 0.717) is 23.4 Å². The van der Waals surface area contributed by atoms with Gasteiger partial charge in [-0.2, -0.15) is 0 Å². The minimum Gasteiger partial charge on any atom is -0.458 e. The number of cyclic esters (lactones) is 1. The quantitative estimate of drug-likeness (QED) is 0.407. The zero-order valence-electron chi connectivity index (χ0n) is 18.3. The van der Waals surface area contributed by atoms with Crippen LogP contribution in [0.2, 0.25) is 0 Å². The summed E-state index contributed by atoms with van der Waals surface area (Å²) in [6.45, 7) is 5.79. The molecule has 7 heteroatoms. The van der Waals surface area contributed by atoms with Crippen LogP contribution in [-0.4, -0.2) is 27.3 Å². The number of carbonyl (C=O) groups excluding carboxylic acids is 1. The maximum Gasteiger partial charge on any atom is 0.466 e. The van der Waals surface area contributed by atoms with Crippen LogP contribution in [0.1, 0.15) is 78.1 Å². The lowest BCUT2D eigenvalue weighted by Crippen LogP contribution is -2.52. The molecule has 30 heavy (non-hydrogen) atoms. The van der Waals surface area contributed by atoms with Crippen molar-refractivity contribution in [2.75, 3.05) is 6.61 Å². The maximum atomic E-state index is 11.6. The Morgan fingerprint density at radius 3 is 2.30 bits per heavy atom. The number of hydrogen-bond acceptors (Lipinski definition) is 3. The molecule has 5 aliphatic rings. The summed E-state index contributed by atoms with van der Waals surface area (Å²) in [5, 5.41) is 0. The van der Waals surface area contributed by atoms with Crippen LogP contribution in [0.5, 0.6) is 0 Å². The van der Waals surface area contributed by atoms with Crippen molar-refractivity contribution in [2.45, 2.75) is 78.1 Å². The van der Waals surface area contributed by atoms with Crippen molar-refractivity contribution in [1.82, 2.24) is 0 Å². The molecule has 4 aliphatic carbocycles. The van der Waals surface area contributed by atoms with Crippen molar-refractivity contribution in [3.63, 3.8) is 0 Å². The summed E-state index contributed by atoms with van der Waals surface area (Å²) in [7, 11) is -4.64. The van der Waals surface area contributed by atoms with E-state index in [-0.39, 0.29) is 5.97 Å². The predicted octanol–water partition coefficient (Wildman–Crippen LogP) is 4.59. The molecule has 5 rings (SSSR count). The molecule has 0 amide bonds. The molecule has 170 valence electrons. The highest BCUT2D eigenvalue weighted by atomic mass is 31.2. The van der Waals surface area contributed by atoms with Gasteiger partial charge in [-0.15, -0.1) is 0 Å². The lowest BCUT2D eigenvalue weighted by molar-refractivity contribution is -0.135. The van der Waals surface area contributed by atoms with Crippen LogP contribution in [0.15, 0.2) is 11.6 Å². The number of fused-ring (bicyclic) bond motifs is 5. The molecule has 0 bridgehead atoms. The lowest BCUT2D eigenvalue weighted by Gasteiger charge is -2.60. The van der Waals surface area contributed by atoms with E-state index in [1.807, 2.05) is 6.08 Å². The Morgan fingerprint density at radius 1 is 0.933 bits per heavy atom. The fourth-order valence-corrected chi connectivity index (χ4v) is 8.49. The van der Waals surface area contributed by atoms with Crippen LogP contribution in [0, 0.1) is 40.4 Å². The highest BCUT2D eigenvalue weighted by molar-refractivity contribution is 7.45. The van der Waals surface area contributed by atoms with Crippen molar-refractivity contribution < 1.29 is 28.8 Å². The minimum atomic E-state index is -4.64. The molecule has 1 heterocycles. The van der Waals surface area contributed by atoms with Gasteiger partial charge < -0.3 is 19.4 Å². The van der Waals surface area contributed by atoms with Crippen molar-refractivity contribution in [2.24, 2.45) is 40.4 Å². The molecule has 0 radical (unpaired) electrons. The van der Waals surface area contributed by atoms with Gasteiger partial charge >= 0.3 is 13.8 Å². The summed E-state index contributed by atoms with van der Waals surface area (Å²) < 4.78 is 14.1. The predicted molar refractivity (Wildman–Crippen MR) is 113 cm³/mol. The number of hydrogen-bond donors (Lipinski definition) is 3. The SMILES string of the molecule is C[C@]12CC[C@H]3[C@@H](CCC4CCCC[C@@]43C)[C@@H]1CC[C@@H]2C1=CC(=O)OC1.O=P(O)(O)O. The van der Waals surface area contributed by atoms with E-state index in [2.05, 4.69) is 13.8 Å². The molecule has 0 aromatic rings. The fourth-order valence-electron chi connectivity index (χ4n) is 8.49. The summed E-state index contributed by atoms with van der Waals surface area (Å²) in [6, 6.07) is 0. The first-order valence-electron chi connectivity index (χ1n) is 11.7. The molecule has 0 aromatic heterocycles. The first-order valence-corrected chi connectivity index (χ1v) is 13.2. The van der Waals surface area contributed by atoms with Gasteiger partial charge in [-0.25, -0.2) is 9.36 Å². The van der Waals surface area contributed by atoms with Crippen LogP contribution >= 0.6 is 7.82 Å². The number of esters is 1. The largest absolute Gasteiger partial charge is 0.466 e. The molecule has 0 spiro atoms. The third-order valence-corrected chi connectivity index (χ3v) is 9.72. The number of ether oxygens (including phenoxy) is 1. The number of carbonyl (C=O) groups is 1. The molecule has 1 unspecified atom stereocenters. The Balaban J connectivity index is 0.000000393. The molecule has 0 saturated heterocycles. The highest BCUT2D eigenvalue weighted by Gasteiger charge is 2.60. The Kier molecular flexibility index (Phi) is 6.02. The molecule has 4 fully saturated rings. The first-order chi connectivity index (χ1) is 14.0. The first kappa shape index (κ1) is 22.5. The summed E-state index contributed by atoms with van der Waals surface area (Å²) >= 11 is 0. The molecule has 7 atom stereocenters. The van der Waals surface area contributed by atoms with E-state index in [1.54, 1.807) is 0 Å². The van der Waals surface area contributed by atoms with Crippen LogP contribution in [0.3, 0.4) is 0 Å². The Bertz CT molecular complexity index is 751. The van der Waals surface area contributed by atoms with Gasteiger partial charge in [0.15, 0.2) is 0 Å².